The minimum Gasteiger partial charge on any atom is -0.490 e. The fourth-order valence-corrected chi connectivity index (χ4v) is 3.32. The van der Waals surface area contributed by atoms with Gasteiger partial charge in [0.15, 0.2) is 5.82 Å². The van der Waals surface area contributed by atoms with Crippen LogP contribution in [0.15, 0.2) is 47.3 Å². The predicted molar refractivity (Wildman–Crippen MR) is 107 cm³/mol. The fraction of sp³-hybridized carbons (Fsp3) is 0. The zero-order chi connectivity index (χ0) is 18.5. The van der Waals surface area contributed by atoms with E-state index >= 15 is 0 Å². The van der Waals surface area contributed by atoms with Crippen LogP contribution in [-0.2, 0) is 25.9 Å². The number of fused-ring (bicyclic) bond motifs is 1. The van der Waals surface area contributed by atoms with Gasteiger partial charge in [-0.3, -0.25) is 0 Å². The van der Waals surface area contributed by atoms with Crippen LogP contribution in [0.3, 0.4) is 0 Å². The third-order valence-electron chi connectivity index (χ3n) is 3.27. The molecule has 1 amide bonds. The van der Waals surface area contributed by atoms with E-state index < -0.39 is 0 Å². The Morgan fingerprint density at radius 2 is 1.89 bits per heavy atom. The summed E-state index contributed by atoms with van der Waals surface area (Å²) in [6.45, 7) is 3.67. The van der Waals surface area contributed by atoms with Crippen LogP contribution in [-0.4, -0.2) is 21.4 Å². The van der Waals surface area contributed by atoms with Crippen molar-refractivity contribution in [2.45, 2.75) is 0 Å². The third kappa shape index (κ3) is 5.81. The summed E-state index contributed by atoms with van der Waals surface area (Å²) in [5.41, 5.74) is 5.80. The van der Waals surface area contributed by atoms with E-state index in [1.807, 2.05) is 17.5 Å². The number of halogens is 2. The van der Waals surface area contributed by atoms with Gasteiger partial charge in [0.05, 0.1) is 17.4 Å². The Labute approximate surface area is 184 Å². The van der Waals surface area contributed by atoms with Crippen molar-refractivity contribution in [3.63, 3.8) is 0 Å². The second-order valence-electron chi connectivity index (χ2n) is 5.20. The molecule has 0 spiro atoms. The predicted octanol–water partition coefficient (Wildman–Crippen LogP) is 5.34. The van der Waals surface area contributed by atoms with E-state index in [0.717, 1.165) is 28.1 Å². The van der Waals surface area contributed by atoms with Gasteiger partial charge in [-0.2, -0.15) is 12.5 Å². The number of nitrogens with zero attached hydrogens (tertiary/aromatic N) is 2. The van der Waals surface area contributed by atoms with Crippen molar-refractivity contribution in [3.05, 3.63) is 69.8 Å². The Bertz CT molecular complexity index is 987. The molecule has 0 saturated carbocycles. The topological polar surface area (TPSA) is 70.7 Å². The summed E-state index contributed by atoms with van der Waals surface area (Å²) in [5.74, 6) is 0.730. The number of benzene rings is 2. The summed E-state index contributed by atoms with van der Waals surface area (Å²) in [6, 6.07) is 10.6. The number of aromatic amines is 1. The number of rotatable bonds is 3. The van der Waals surface area contributed by atoms with Gasteiger partial charge in [-0.05, 0) is 16.1 Å². The van der Waals surface area contributed by atoms with Gasteiger partial charge in [-0.15, -0.1) is 35.2 Å². The van der Waals surface area contributed by atoms with Gasteiger partial charge in [-0.1, -0.05) is 35.3 Å². The molecule has 5 nitrogen and oxygen atoms in total. The maximum atomic E-state index is 10.2. The quantitative estimate of drug-likeness (QED) is 0.252. The molecule has 9 heteroatoms. The Hall–Kier alpha value is -1.85. The second kappa shape index (κ2) is 9.90. The summed E-state index contributed by atoms with van der Waals surface area (Å²) in [4.78, 5) is 22.0. The first-order valence-electron chi connectivity index (χ1n) is 7.34. The molecule has 4 rings (SSSR count). The molecule has 0 bridgehead atoms. The van der Waals surface area contributed by atoms with Crippen molar-refractivity contribution >= 4 is 57.7 Å². The van der Waals surface area contributed by atoms with Gasteiger partial charge in [0, 0.05) is 10.9 Å². The molecule has 27 heavy (non-hydrogen) atoms. The standard InChI is InChI=1S/C11H7N4OS.C7H5Cl2.W/c16-5-12-7-1-2-8-9(3-7)15-11(14-8)10-4-17-6-13-10;1-5-2-6(8)4-7(9)3-5;/h1-4,6H,(H,12,16)(H,14,15);2-4H,1H2;/q2*-1;+2. The molecule has 2 heterocycles. The normalized spacial score (nSPS) is 9.85. The van der Waals surface area contributed by atoms with Crippen LogP contribution in [0, 0.1) is 6.92 Å². The summed E-state index contributed by atoms with van der Waals surface area (Å²) in [6.07, 6.45) is 1.64. The first kappa shape index (κ1) is 21.4. The molecule has 0 unspecified atom stereocenters. The van der Waals surface area contributed by atoms with Crippen molar-refractivity contribution in [3.8, 4) is 11.5 Å². The zero-order valence-electron chi connectivity index (χ0n) is 13.7. The van der Waals surface area contributed by atoms with Crippen LogP contribution in [0.2, 0.25) is 10.0 Å². The Morgan fingerprint density at radius 1 is 1.15 bits per heavy atom. The number of H-pyrrole nitrogens is 1. The van der Waals surface area contributed by atoms with E-state index in [1.165, 1.54) is 11.3 Å². The van der Waals surface area contributed by atoms with Crippen molar-refractivity contribution in [1.82, 2.24) is 15.0 Å². The summed E-state index contributed by atoms with van der Waals surface area (Å²) < 4.78 is 0. The molecular formula is C18H12Cl2N4OSW. The molecule has 0 fully saturated rings. The molecule has 2 aromatic carbocycles. The van der Waals surface area contributed by atoms with Crippen LogP contribution in [0.4, 0.5) is 5.69 Å². The molecule has 136 valence electrons. The Morgan fingerprint density at radius 3 is 2.48 bits per heavy atom. The molecule has 0 atom stereocenters. The van der Waals surface area contributed by atoms with Crippen LogP contribution in [0.25, 0.3) is 22.6 Å². The maximum absolute atomic E-state index is 10.2. The Balaban J connectivity index is 0.000000224. The zero-order valence-corrected chi connectivity index (χ0v) is 19.0. The minimum atomic E-state index is 0. The van der Waals surface area contributed by atoms with Crippen LogP contribution in [0.5, 0.6) is 0 Å². The van der Waals surface area contributed by atoms with E-state index in [9.17, 15) is 4.79 Å². The molecular weight excluding hydrogens is 575 g/mol. The summed E-state index contributed by atoms with van der Waals surface area (Å²) in [5, 5.41) is 5.67. The monoisotopic (exact) mass is 586 g/mol. The van der Waals surface area contributed by atoms with E-state index in [1.54, 1.807) is 36.2 Å². The van der Waals surface area contributed by atoms with Gasteiger partial charge in [0.1, 0.15) is 5.69 Å². The third-order valence-corrected chi connectivity index (χ3v) is 4.30. The molecule has 0 radical (unpaired) electrons. The maximum Gasteiger partial charge on any atom is 2.00 e. The average molecular weight is 587 g/mol. The molecule has 4 aromatic rings. The smallest absolute Gasteiger partial charge is 0.490 e. The van der Waals surface area contributed by atoms with E-state index in [0.29, 0.717) is 15.7 Å². The fourth-order valence-electron chi connectivity index (χ4n) is 2.21. The van der Waals surface area contributed by atoms with E-state index in [-0.39, 0.29) is 21.1 Å². The molecule has 0 aliphatic carbocycles. The van der Waals surface area contributed by atoms with Crippen LogP contribution in [0.1, 0.15) is 5.56 Å². The molecule has 2 N–H and O–H groups in total. The Kier molecular flexibility index (Phi) is 7.87. The van der Waals surface area contributed by atoms with Gasteiger partial charge in [0.25, 0.3) is 0 Å². The minimum absolute atomic E-state index is 0. The first-order chi connectivity index (χ1) is 12.5. The molecule has 0 aliphatic heterocycles. The van der Waals surface area contributed by atoms with Crippen LogP contribution >= 0.6 is 34.5 Å². The molecule has 0 saturated heterocycles. The molecule has 0 aliphatic rings. The number of thiazole rings is 1. The number of aromatic nitrogens is 3. The number of carbonyl (C=O) groups excluding carboxylic acids is 1. The van der Waals surface area contributed by atoms with Crippen LogP contribution < -0.4 is 5.32 Å². The first-order valence-corrected chi connectivity index (χ1v) is 9.04. The molecule has 2 aromatic heterocycles. The second-order valence-corrected chi connectivity index (χ2v) is 6.79. The van der Waals surface area contributed by atoms with E-state index in [4.69, 9.17) is 23.2 Å². The number of nitrogens with one attached hydrogen (secondary N) is 2. The number of imidazole rings is 1. The summed E-state index contributed by atoms with van der Waals surface area (Å²) in [7, 11) is 0. The average Bonchev–Trinajstić information content (AvgIpc) is 3.23. The van der Waals surface area contributed by atoms with Gasteiger partial charge in [0.2, 0.25) is 0 Å². The summed E-state index contributed by atoms with van der Waals surface area (Å²) >= 11 is 12.8. The van der Waals surface area contributed by atoms with Gasteiger partial charge < -0.3 is 15.1 Å². The number of anilines is 1. The van der Waals surface area contributed by atoms with Gasteiger partial charge >= 0.3 is 21.1 Å². The number of hydrogen-bond donors (Lipinski definition) is 2. The van der Waals surface area contributed by atoms with E-state index in [2.05, 4.69) is 27.2 Å². The van der Waals surface area contributed by atoms with Crippen molar-refractivity contribution in [2.75, 3.05) is 5.32 Å². The number of amides is 1. The van der Waals surface area contributed by atoms with Crippen molar-refractivity contribution in [2.24, 2.45) is 0 Å². The largest absolute Gasteiger partial charge is 2.00 e. The van der Waals surface area contributed by atoms with Crippen molar-refractivity contribution < 1.29 is 25.9 Å². The SMILES string of the molecule is O=[C-]Nc1ccc2nc(-c3cscn3)[nH]c2c1.[CH2-]c1cc(Cl)cc(Cl)c1.[W+2]. The van der Waals surface area contributed by atoms with Crippen molar-refractivity contribution in [1.29, 1.82) is 0 Å². The number of hydrogen-bond acceptors (Lipinski definition) is 4. The van der Waals surface area contributed by atoms with Gasteiger partial charge in [-0.25, -0.2) is 9.97 Å².